The first-order valence-electron chi connectivity index (χ1n) is 8.45. The number of aromatic nitrogens is 4. The number of hydrogen-bond acceptors (Lipinski definition) is 4. The Morgan fingerprint density at radius 3 is 2.52 bits per heavy atom. The van der Waals surface area contributed by atoms with Crippen molar-refractivity contribution in [1.29, 1.82) is 0 Å². The van der Waals surface area contributed by atoms with Gasteiger partial charge in [-0.1, -0.05) is 18.2 Å². The number of carbonyl (C=O) groups excluding carboxylic acids is 1. The van der Waals surface area contributed by atoms with Crippen LogP contribution in [0.2, 0.25) is 0 Å². The van der Waals surface area contributed by atoms with E-state index in [9.17, 15) is 4.79 Å². The summed E-state index contributed by atoms with van der Waals surface area (Å²) in [6.07, 6.45) is 2.34. The predicted octanol–water partition coefficient (Wildman–Crippen LogP) is 2.66. The van der Waals surface area contributed by atoms with E-state index in [1.807, 2.05) is 42.2 Å². The van der Waals surface area contributed by atoms with Gasteiger partial charge in [-0.25, -0.2) is 0 Å². The van der Waals surface area contributed by atoms with E-state index in [2.05, 4.69) is 33.7 Å². The number of para-hydroxylation sites is 1. The Morgan fingerprint density at radius 2 is 1.84 bits per heavy atom. The van der Waals surface area contributed by atoms with E-state index in [0.717, 1.165) is 17.9 Å². The number of aryl methyl sites for hydroxylation is 1. The largest absolute Gasteiger partial charge is 0.307 e. The third-order valence-electron chi connectivity index (χ3n) is 5.31. The summed E-state index contributed by atoms with van der Waals surface area (Å²) in [6, 6.07) is 15.7. The molecule has 0 unspecified atom stereocenters. The molecule has 1 aliphatic heterocycles. The van der Waals surface area contributed by atoms with Gasteiger partial charge in [-0.05, 0) is 66.1 Å². The van der Waals surface area contributed by atoms with Crippen molar-refractivity contribution < 1.29 is 4.79 Å². The second kappa shape index (κ2) is 4.99. The molecular formula is C19H17N5O. The van der Waals surface area contributed by atoms with Gasteiger partial charge in [-0.15, -0.1) is 5.10 Å². The van der Waals surface area contributed by atoms with Crippen LogP contribution in [0.5, 0.6) is 0 Å². The van der Waals surface area contributed by atoms with Crippen molar-refractivity contribution in [2.24, 2.45) is 0 Å². The van der Waals surface area contributed by atoms with Gasteiger partial charge in [0.05, 0.1) is 5.69 Å². The third-order valence-corrected chi connectivity index (χ3v) is 5.31. The molecule has 0 atom stereocenters. The molecule has 2 aliphatic rings. The molecule has 2 heterocycles. The molecule has 1 saturated carbocycles. The van der Waals surface area contributed by atoms with Crippen LogP contribution in [0.25, 0.3) is 5.69 Å². The summed E-state index contributed by atoms with van der Waals surface area (Å²) in [6.45, 7) is 2.63. The smallest absolute Gasteiger partial charge is 0.258 e. The second-order valence-electron chi connectivity index (χ2n) is 6.87. The average Bonchev–Trinajstić information content (AvgIpc) is 3.19. The Hall–Kier alpha value is -3.02. The van der Waals surface area contributed by atoms with Crippen molar-refractivity contribution in [2.75, 3.05) is 11.4 Å². The predicted molar refractivity (Wildman–Crippen MR) is 92.9 cm³/mol. The summed E-state index contributed by atoms with van der Waals surface area (Å²) in [5.74, 6) is 0.763. The quantitative estimate of drug-likeness (QED) is 0.724. The molecule has 6 nitrogen and oxygen atoms in total. The molecule has 1 fully saturated rings. The number of tetrazole rings is 1. The summed E-state index contributed by atoms with van der Waals surface area (Å²) in [4.78, 5) is 15.0. The van der Waals surface area contributed by atoms with Crippen molar-refractivity contribution in [3.63, 3.8) is 0 Å². The number of benzene rings is 2. The van der Waals surface area contributed by atoms with E-state index in [1.54, 1.807) is 4.68 Å². The summed E-state index contributed by atoms with van der Waals surface area (Å²) >= 11 is 0. The van der Waals surface area contributed by atoms with Crippen LogP contribution < -0.4 is 4.90 Å². The molecule has 6 heteroatoms. The molecule has 3 aromatic rings. The zero-order valence-corrected chi connectivity index (χ0v) is 13.9. The van der Waals surface area contributed by atoms with Crippen molar-refractivity contribution in [3.05, 3.63) is 65.5 Å². The number of carbonyl (C=O) groups is 1. The maximum atomic E-state index is 13.1. The number of nitrogens with zero attached hydrogens (tertiary/aromatic N) is 5. The molecular weight excluding hydrogens is 314 g/mol. The van der Waals surface area contributed by atoms with Gasteiger partial charge in [0.1, 0.15) is 0 Å². The lowest BCUT2D eigenvalue weighted by atomic mass is 9.99. The Kier molecular flexibility index (Phi) is 2.86. The molecule has 124 valence electrons. The third kappa shape index (κ3) is 2.10. The Labute approximate surface area is 145 Å². The highest BCUT2D eigenvalue weighted by molar-refractivity contribution is 6.08. The number of fused-ring (bicyclic) bond motifs is 2. The van der Waals surface area contributed by atoms with Gasteiger partial charge < -0.3 is 4.90 Å². The first-order chi connectivity index (χ1) is 12.2. The zero-order chi connectivity index (χ0) is 17.0. The van der Waals surface area contributed by atoms with Crippen LogP contribution in [0, 0.1) is 6.92 Å². The SMILES string of the molecule is Cc1nnnn1-c1ccc(C(=O)N2CC3(CC3)c3ccccc32)cc1. The van der Waals surface area contributed by atoms with Crippen LogP contribution in [0.1, 0.15) is 34.6 Å². The Bertz CT molecular complexity index is 971. The van der Waals surface area contributed by atoms with E-state index in [4.69, 9.17) is 0 Å². The van der Waals surface area contributed by atoms with Gasteiger partial charge in [0.2, 0.25) is 0 Å². The van der Waals surface area contributed by atoms with Crippen molar-refractivity contribution in [3.8, 4) is 5.69 Å². The zero-order valence-electron chi connectivity index (χ0n) is 13.9. The maximum Gasteiger partial charge on any atom is 0.258 e. The molecule has 0 radical (unpaired) electrons. The summed E-state index contributed by atoms with van der Waals surface area (Å²) in [5.41, 5.74) is 4.12. The van der Waals surface area contributed by atoms with E-state index < -0.39 is 0 Å². The topological polar surface area (TPSA) is 63.9 Å². The minimum atomic E-state index is 0.0520. The fourth-order valence-corrected chi connectivity index (χ4v) is 3.76. The number of hydrogen-bond donors (Lipinski definition) is 0. The van der Waals surface area contributed by atoms with Gasteiger partial charge in [-0.2, -0.15) is 4.68 Å². The highest BCUT2D eigenvalue weighted by atomic mass is 16.2. The fraction of sp³-hybridized carbons (Fsp3) is 0.263. The normalized spacial score (nSPS) is 16.9. The van der Waals surface area contributed by atoms with E-state index in [-0.39, 0.29) is 11.3 Å². The lowest BCUT2D eigenvalue weighted by molar-refractivity contribution is 0.0987. The highest BCUT2D eigenvalue weighted by Crippen LogP contribution is 2.56. The van der Waals surface area contributed by atoms with Crippen molar-refractivity contribution in [1.82, 2.24) is 20.2 Å². The lowest BCUT2D eigenvalue weighted by Crippen LogP contribution is -2.31. The monoisotopic (exact) mass is 331 g/mol. The lowest BCUT2D eigenvalue weighted by Gasteiger charge is -2.18. The standard InChI is InChI=1S/C19H17N5O/c1-13-20-21-22-24(13)15-8-6-14(7-9-15)18(25)23-12-19(10-11-19)16-4-2-3-5-17(16)23/h2-9H,10-12H2,1H3. The highest BCUT2D eigenvalue weighted by Gasteiger charge is 2.52. The van der Waals surface area contributed by atoms with Crippen LogP contribution >= 0.6 is 0 Å². The van der Waals surface area contributed by atoms with Gasteiger partial charge in [0.15, 0.2) is 5.82 Å². The Balaban J connectivity index is 1.47. The maximum absolute atomic E-state index is 13.1. The molecule has 0 N–H and O–H groups in total. The molecule has 1 aliphatic carbocycles. The van der Waals surface area contributed by atoms with Crippen LogP contribution in [0.15, 0.2) is 48.5 Å². The minimum Gasteiger partial charge on any atom is -0.307 e. The minimum absolute atomic E-state index is 0.0520. The first-order valence-corrected chi connectivity index (χ1v) is 8.45. The van der Waals surface area contributed by atoms with Gasteiger partial charge in [0.25, 0.3) is 5.91 Å². The molecule has 1 aromatic heterocycles. The number of anilines is 1. The second-order valence-corrected chi connectivity index (χ2v) is 6.87. The van der Waals surface area contributed by atoms with Crippen LogP contribution in [0.4, 0.5) is 5.69 Å². The average molecular weight is 331 g/mol. The molecule has 25 heavy (non-hydrogen) atoms. The summed E-state index contributed by atoms with van der Waals surface area (Å²) in [5, 5.41) is 11.5. The molecule has 2 aromatic carbocycles. The van der Waals surface area contributed by atoms with Crippen LogP contribution in [-0.4, -0.2) is 32.7 Å². The molecule has 0 bridgehead atoms. The van der Waals surface area contributed by atoms with Crippen molar-refractivity contribution >= 4 is 11.6 Å². The molecule has 0 saturated heterocycles. The number of rotatable bonds is 2. The molecule has 5 rings (SSSR count). The summed E-state index contributed by atoms with van der Waals surface area (Å²) < 4.78 is 1.65. The van der Waals surface area contributed by atoms with E-state index in [0.29, 0.717) is 11.4 Å². The molecule has 1 amide bonds. The van der Waals surface area contributed by atoms with Crippen LogP contribution in [-0.2, 0) is 5.41 Å². The molecule has 1 spiro atoms. The van der Waals surface area contributed by atoms with E-state index in [1.165, 1.54) is 18.4 Å². The van der Waals surface area contributed by atoms with E-state index >= 15 is 0 Å². The van der Waals surface area contributed by atoms with Gasteiger partial charge >= 0.3 is 0 Å². The van der Waals surface area contributed by atoms with Gasteiger partial charge in [-0.3, -0.25) is 4.79 Å². The van der Waals surface area contributed by atoms with Crippen molar-refractivity contribution in [2.45, 2.75) is 25.2 Å². The first kappa shape index (κ1) is 14.3. The fourth-order valence-electron chi connectivity index (χ4n) is 3.76. The Morgan fingerprint density at radius 1 is 1.08 bits per heavy atom. The number of amides is 1. The summed E-state index contributed by atoms with van der Waals surface area (Å²) in [7, 11) is 0. The van der Waals surface area contributed by atoms with Crippen LogP contribution in [0.3, 0.4) is 0 Å². The van der Waals surface area contributed by atoms with Gasteiger partial charge in [0, 0.05) is 23.2 Å².